The number of carboxylic acid groups (broad SMARTS) is 2. The normalized spacial score (nSPS) is 45.4. The second-order valence-electron chi connectivity index (χ2n) is 12.9. The van der Waals surface area contributed by atoms with Crippen LogP contribution >= 0.6 is 0 Å². The molecule has 0 aromatic heterocycles. The van der Waals surface area contributed by atoms with Crippen LogP contribution in [0, 0.1) is 59.2 Å². The van der Waals surface area contributed by atoms with Crippen molar-refractivity contribution < 1.29 is 53.2 Å². The van der Waals surface area contributed by atoms with Crippen molar-refractivity contribution >= 4 is 35.7 Å². The number of amides is 2. The monoisotopic (exact) mass is 576 g/mol. The van der Waals surface area contributed by atoms with Gasteiger partial charge in [-0.3, -0.25) is 9.59 Å². The number of methoxy groups -OCH3 is 2. The third-order valence-corrected chi connectivity index (χ3v) is 11.5. The van der Waals surface area contributed by atoms with Gasteiger partial charge < -0.3 is 35.1 Å². The molecule has 0 aromatic rings. The van der Waals surface area contributed by atoms with Gasteiger partial charge in [0.15, 0.2) is 11.2 Å². The van der Waals surface area contributed by atoms with E-state index in [1.54, 1.807) is 0 Å². The molecule has 6 rings (SSSR count). The van der Waals surface area contributed by atoms with E-state index in [1.807, 2.05) is 0 Å². The van der Waals surface area contributed by atoms with E-state index in [1.165, 1.54) is 28.1 Å². The van der Waals surface area contributed by atoms with Crippen LogP contribution in [-0.4, -0.2) is 83.4 Å². The van der Waals surface area contributed by atoms with Gasteiger partial charge in [0.25, 0.3) is 0 Å². The number of aliphatic carboxylic acids is 2. The number of carboxylic acids is 2. The number of carbonyl (C=O) groups excluding carboxylic acids is 4. The summed E-state index contributed by atoms with van der Waals surface area (Å²) in [6.45, 7) is 3.02. The second kappa shape index (κ2) is 9.14. The number of rotatable bonds is 8. The Balaban J connectivity index is 1.33. The number of hydrogen-bond donors (Lipinski definition) is 4. The van der Waals surface area contributed by atoms with E-state index in [4.69, 9.17) is 14.2 Å². The molecule has 41 heavy (non-hydrogen) atoms. The van der Waals surface area contributed by atoms with Crippen molar-refractivity contribution in [1.82, 2.24) is 10.6 Å². The van der Waals surface area contributed by atoms with E-state index >= 15 is 0 Å². The summed E-state index contributed by atoms with van der Waals surface area (Å²) in [7, 11) is 2.45. The van der Waals surface area contributed by atoms with Gasteiger partial charge in [0.05, 0.1) is 14.2 Å². The first-order valence-corrected chi connectivity index (χ1v) is 14.3. The fraction of sp³-hybridized carbons (Fsp3) is 0.786. The smallest absolute Gasteiger partial charge is 0.336 e. The van der Waals surface area contributed by atoms with Crippen molar-refractivity contribution in [3.05, 3.63) is 0 Å². The number of esters is 2. The van der Waals surface area contributed by atoms with Gasteiger partial charge >= 0.3 is 23.9 Å². The Bertz CT molecular complexity index is 1150. The number of carbonyl (C=O) groups is 6. The zero-order valence-electron chi connectivity index (χ0n) is 23.3. The molecule has 2 aliphatic heterocycles. The second-order valence-corrected chi connectivity index (χ2v) is 12.9. The standard InChI is InChI=1S/C28H36N2O11/c1-9(23(33)39-3)29-21(31)15-7-11-5-13(15)19-17(11)28(26(37)38)20-14-6-12(18(20)27(19,41-28)25(35)36)8-16(14)22(32)30-10(2)24(34)40-4/h9-20H,5-8H2,1-4H3,(H,29,31)(H,30,32)(H,35,36)(H,37,38)/t9-,10-,11-,12-,13+,14+,15-,16-,17-,18-,19+,20+,27-,28-/m0/s1. The summed E-state index contributed by atoms with van der Waals surface area (Å²) < 4.78 is 15.8. The molecule has 4 saturated carbocycles. The average Bonchev–Trinajstić information content (AvgIpc) is 3.76. The molecule has 2 heterocycles. The molecule has 13 heteroatoms. The van der Waals surface area contributed by atoms with E-state index in [0.717, 1.165) is 0 Å². The van der Waals surface area contributed by atoms with E-state index in [0.29, 0.717) is 25.7 Å². The van der Waals surface area contributed by atoms with Crippen LogP contribution in [0.15, 0.2) is 0 Å². The lowest BCUT2D eigenvalue weighted by Gasteiger charge is -2.50. The highest BCUT2D eigenvalue weighted by Gasteiger charge is 2.89. The summed E-state index contributed by atoms with van der Waals surface area (Å²) in [5.41, 5.74) is -3.56. The molecule has 4 N–H and O–H groups in total. The maximum absolute atomic E-state index is 13.3. The molecule has 14 atom stereocenters. The van der Waals surface area contributed by atoms with Crippen LogP contribution in [0.2, 0.25) is 0 Å². The van der Waals surface area contributed by atoms with E-state index in [2.05, 4.69) is 10.6 Å². The van der Waals surface area contributed by atoms with E-state index < -0.39 is 94.5 Å². The van der Waals surface area contributed by atoms with E-state index in [9.17, 15) is 39.0 Å². The van der Waals surface area contributed by atoms with Crippen molar-refractivity contribution in [1.29, 1.82) is 0 Å². The predicted molar refractivity (Wildman–Crippen MR) is 134 cm³/mol. The highest BCUT2D eigenvalue weighted by molar-refractivity contribution is 5.91. The van der Waals surface area contributed by atoms with E-state index in [-0.39, 0.29) is 23.7 Å². The van der Waals surface area contributed by atoms with Gasteiger partial charge in [0, 0.05) is 35.5 Å². The summed E-state index contributed by atoms with van der Waals surface area (Å²) in [5, 5.41) is 26.9. The highest BCUT2D eigenvalue weighted by Crippen LogP contribution is 2.80. The zero-order valence-corrected chi connectivity index (χ0v) is 23.3. The molecule has 2 amide bonds. The molecule has 4 aliphatic carbocycles. The van der Waals surface area contributed by atoms with Crippen LogP contribution in [0.1, 0.15) is 39.5 Å². The maximum Gasteiger partial charge on any atom is 0.336 e. The Labute approximate surface area is 236 Å². The Morgan fingerprint density at radius 1 is 0.683 bits per heavy atom. The molecule has 0 unspecified atom stereocenters. The summed E-state index contributed by atoms with van der Waals surface area (Å²) in [4.78, 5) is 76.8. The Morgan fingerprint density at radius 2 is 1.05 bits per heavy atom. The van der Waals surface area contributed by atoms with Gasteiger partial charge in [-0.25, -0.2) is 19.2 Å². The first-order chi connectivity index (χ1) is 19.3. The van der Waals surface area contributed by atoms with Crippen LogP contribution in [0.3, 0.4) is 0 Å². The lowest BCUT2D eigenvalue weighted by atomic mass is 9.48. The molecule has 13 nitrogen and oxygen atoms in total. The molecular formula is C28H36N2O11. The minimum atomic E-state index is -1.78. The van der Waals surface area contributed by atoms with Crippen molar-refractivity contribution in [2.24, 2.45) is 59.2 Å². The SMILES string of the molecule is COC(=O)[C@H](C)NC(=O)[C@H]1C[C@@H]2C[C@H]1[C@@H]1[C@H]2[C@]2(C(=O)O)O[C@@]1(C(=O)O)[C@H]1[C@H]3C[C@@H]([C@H]12)[C@@H](C(=O)N[C@@H](C)C(=O)OC)C3. The number of nitrogens with one attached hydrogen (secondary N) is 2. The van der Waals surface area contributed by atoms with Crippen LogP contribution in [0.5, 0.6) is 0 Å². The molecule has 6 aliphatic rings. The van der Waals surface area contributed by atoms with Crippen molar-refractivity contribution in [2.45, 2.75) is 62.8 Å². The lowest BCUT2D eigenvalue weighted by Crippen LogP contribution is -2.63. The predicted octanol–water partition coefficient (Wildman–Crippen LogP) is -0.191. The van der Waals surface area contributed by atoms with Crippen LogP contribution in [-0.2, 0) is 43.0 Å². The summed E-state index contributed by atoms with van der Waals surface area (Å²) >= 11 is 0. The van der Waals surface area contributed by atoms with Crippen molar-refractivity contribution in [3.63, 3.8) is 0 Å². The third-order valence-electron chi connectivity index (χ3n) is 11.5. The summed E-state index contributed by atoms with van der Waals surface area (Å²) in [6, 6.07) is -1.75. The zero-order chi connectivity index (χ0) is 29.8. The molecule has 0 spiro atoms. The first-order valence-electron chi connectivity index (χ1n) is 14.3. The molecule has 2 saturated heterocycles. The number of ether oxygens (including phenoxy) is 3. The summed E-state index contributed by atoms with van der Waals surface area (Å²) in [5.74, 6) is -9.42. The summed E-state index contributed by atoms with van der Waals surface area (Å²) in [6.07, 6.45) is 1.74. The minimum Gasteiger partial charge on any atom is -0.479 e. The van der Waals surface area contributed by atoms with Gasteiger partial charge in [-0.15, -0.1) is 0 Å². The fourth-order valence-electron chi connectivity index (χ4n) is 10.5. The van der Waals surface area contributed by atoms with Gasteiger partial charge in [-0.05, 0) is 63.2 Å². The Kier molecular flexibility index (Phi) is 6.22. The van der Waals surface area contributed by atoms with Crippen LogP contribution in [0.4, 0.5) is 0 Å². The lowest BCUT2D eigenvalue weighted by molar-refractivity contribution is -0.184. The van der Waals surface area contributed by atoms with Crippen LogP contribution < -0.4 is 10.6 Å². The maximum atomic E-state index is 13.3. The van der Waals surface area contributed by atoms with Gasteiger partial charge in [-0.1, -0.05) is 0 Å². The third kappa shape index (κ3) is 3.38. The molecule has 0 aromatic carbocycles. The molecule has 0 radical (unpaired) electrons. The van der Waals surface area contributed by atoms with Gasteiger partial charge in [0.1, 0.15) is 12.1 Å². The van der Waals surface area contributed by atoms with Gasteiger partial charge in [-0.2, -0.15) is 0 Å². The molecule has 224 valence electrons. The largest absolute Gasteiger partial charge is 0.479 e. The topological polar surface area (TPSA) is 195 Å². The molecule has 6 fully saturated rings. The Hall–Kier alpha value is -3.22. The quantitative estimate of drug-likeness (QED) is 0.280. The van der Waals surface area contributed by atoms with Gasteiger partial charge in [0.2, 0.25) is 11.8 Å². The Morgan fingerprint density at radius 3 is 1.37 bits per heavy atom. The molecule has 6 bridgehead atoms. The van der Waals surface area contributed by atoms with Crippen molar-refractivity contribution in [3.8, 4) is 0 Å². The average molecular weight is 577 g/mol. The highest BCUT2D eigenvalue weighted by atomic mass is 16.6. The fourth-order valence-corrected chi connectivity index (χ4v) is 10.5. The van der Waals surface area contributed by atoms with Crippen molar-refractivity contribution in [2.75, 3.05) is 14.2 Å². The number of hydrogen-bond acceptors (Lipinski definition) is 9. The first kappa shape index (κ1) is 27.9. The van der Waals surface area contributed by atoms with Crippen LogP contribution in [0.25, 0.3) is 0 Å². The molecular weight excluding hydrogens is 540 g/mol. The minimum absolute atomic E-state index is 0.252. The number of fused-ring (bicyclic) bond motifs is 16.